The van der Waals surface area contributed by atoms with E-state index in [1.165, 1.54) is 19.3 Å². The summed E-state index contributed by atoms with van der Waals surface area (Å²) >= 11 is 3.28. The lowest BCUT2D eigenvalue weighted by Crippen LogP contribution is -2.29. The third-order valence-corrected chi connectivity index (χ3v) is 6.58. The number of nitrogens with zero attached hydrogens (tertiary/aromatic N) is 3. The molecule has 28 heavy (non-hydrogen) atoms. The largest absolute Gasteiger partial charge is 0.466 e. The fourth-order valence-corrected chi connectivity index (χ4v) is 5.08. The highest BCUT2D eigenvalue weighted by atomic mass is 32.1. The van der Waals surface area contributed by atoms with Crippen molar-refractivity contribution in [1.29, 1.82) is 0 Å². The molecule has 1 saturated heterocycles. The van der Waals surface area contributed by atoms with Crippen LogP contribution in [-0.4, -0.2) is 30.2 Å². The van der Waals surface area contributed by atoms with Crippen LogP contribution in [0.25, 0.3) is 10.6 Å². The van der Waals surface area contributed by atoms with Gasteiger partial charge in [-0.15, -0.1) is 11.3 Å². The quantitative estimate of drug-likeness (QED) is 0.479. The first kappa shape index (κ1) is 18.9. The number of hydrazone groups is 1. The smallest absolute Gasteiger partial charge is 0.274 e. The molecule has 0 saturated carbocycles. The minimum Gasteiger partial charge on any atom is -0.466 e. The molecule has 146 valence electrons. The van der Waals surface area contributed by atoms with E-state index in [-0.39, 0.29) is 5.91 Å². The molecule has 3 aromatic rings. The van der Waals surface area contributed by atoms with Gasteiger partial charge in [0.15, 0.2) is 5.13 Å². The average Bonchev–Trinajstić information content (AvgIpc) is 3.42. The summed E-state index contributed by atoms with van der Waals surface area (Å²) in [6, 6.07) is 5.80. The number of furan rings is 1. The van der Waals surface area contributed by atoms with Gasteiger partial charge in [-0.05, 0) is 50.6 Å². The molecule has 0 bridgehead atoms. The van der Waals surface area contributed by atoms with Crippen molar-refractivity contribution in [3.05, 3.63) is 45.5 Å². The van der Waals surface area contributed by atoms with Crippen LogP contribution < -0.4 is 10.3 Å². The Morgan fingerprint density at radius 3 is 2.82 bits per heavy atom. The lowest BCUT2D eigenvalue weighted by Gasteiger charge is -2.25. The number of rotatable bonds is 5. The fourth-order valence-electron chi connectivity index (χ4n) is 3.28. The van der Waals surface area contributed by atoms with Crippen molar-refractivity contribution >= 4 is 39.9 Å². The molecule has 4 heterocycles. The van der Waals surface area contributed by atoms with Crippen molar-refractivity contribution in [3.8, 4) is 10.6 Å². The minimum atomic E-state index is -0.274. The summed E-state index contributed by atoms with van der Waals surface area (Å²) in [6.07, 6.45) is 5.39. The molecule has 0 aromatic carbocycles. The lowest BCUT2D eigenvalue weighted by atomic mass is 10.1. The number of amides is 1. The molecular formula is C20H22N4O2S2. The van der Waals surface area contributed by atoms with Crippen molar-refractivity contribution in [2.75, 3.05) is 18.0 Å². The summed E-state index contributed by atoms with van der Waals surface area (Å²) in [5, 5.41) is 7.26. The van der Waals surface area contributed by atoms with Gasteiger partial charge in [-0.2, -0.15) is 5.10 Å². The van der Waals surface area contributed by atoms with E-state index in [9.17, 15) is 4.79 Å². The maximum absolute atomic E-state index is 12.3. The van der Waals surface area contributed by atoms with Gasteiger partial charge in [-0.3, -0.25) is 4.79 Å². The summed E-state index contributed by atoms with van der Waals surface area (Å²) in [5.41, 5.74) is 4.03. The summed E-state index contributed by atoms with van der Waals surface area (Å²) < 4.78 is 5.41. The van der Waals surface area contributed by atoms with Crippen molar-refractivity contribution < 1.29 is 9.21 Å². The molecule has 6 nitrogen and oxygen atoms in total. The van der Waals surface area contributed by atoms with Crippen LogP contribution in [-0.2, 0) is 0 Å². The first-order valence-electron chi connectivity index (χ1n) is 9.32. The van der Waals surface area contributed by atoms with E-state index in [0.717, 1.165) is 33.7 Å². The standard InChI is InChI=1S/C20H22N4O2S2/c1-13-11-15(14(2)26-13)19(25)23-21-12-17-18(16-7-6-10-27-16)22-20(28-17)24-8-4-3-5-9-24/h6-7,10-12H,3-5,8-9H2,1-2H3,(H,23,25)/b21-12-. The number of hydrogen-bond acceptors (Lipinski definition) is 7. The van der Waals surface area contributed by atoms with Gasteiger partial charge in [0.05, 0.1) is 21.5 Å². The number of anilines is 1. The number of aromatic nitrogens is 1. The number of carbonyl (C=O) groups is 1. The van der Waals surface area contributed by atoms with Gasteiger partial charge in [-0.25, -0.2) is 10.4 Å². The highest BCUT2D eigenvalue weighted by Gasteiger charge is 2.19. The molecule has 8 heteroatoms. The highest BCUT2D eigenvalue weighted by molar-refractivity contribution is 7.18. The Kier molecular flexibility index (Phi) is 5.59. The first-order chi connectivity index (χ1) is 13.6. The van der Waals surface area contributed by atoms with E-state index < -0.39 is 0 Å². The Hall–Kier alpha value is -2.45. The first-order valence-corrected chi connectivity index (χ1v) is 11.0. The summed E-state index contributed by atoms with van der Waals surface area (Å²) in [6.45, 7) is 5.68. The van der Waals surface area contributed by atoms with Crippen molar-refractivity contribution in [1.82, 2.24) is 10.4 Å². The van der Waals surface area contributed by atoms with E-state index >= 15 is 0 Å². The lowest BCUT2D eigenvalue weighted by molar-refractivity contribution is 0.0953. The average molecular weight is 415 g/mol. The molecule has 0 aliphatic carbocycles. The van der Waals surface area contributed by atoms with E-state index in [2.05, 4.69) is 21.5 Å². The highest BCUT2D eigenvalue weighted by Crippen LogP contribution is 2.35. The molecule has 1 N–H and O–H groups in total. The number of piperidine rings is 1. The minimum absolute atomic E-state index is 0.274. The summed E-state index contributed by atoms with van der Waals surface area (Å²) in [7, 11) is 0. The third kappa shape index (κ3) is 4.02. The van der Waals surface area contributed by atoms with Crippen LogP contribution >= 0.6 is 22.7 Å². The molecule has 1 aliphatic heterocycles. The Balaban J connectivity index is 1.55. The normalized spacial score (nSPS) is 14.7. The predicted octanol–water partition coefficient (Wildman–Crippen LogP) is 4.84. The Bertz CT molecular complexity index is 982. The zero-order valence-corrected chi connectivity index (χ0v) is 17.5. The number of thiophene rings is 1. The van der Waals surface area contributed by atoms with Crippen LogP contribution in [0.5, 0.6) is 0 Å². The molecule has 1 amide bonds. The maximum atomic E-state index is 12.3. The Morgan fingerprint density at radius 1 is 1.32 bits per heavy atom. The topological polar surface area (TPSA) is 70.7 Å². The van der Waals surface area contributed by atoms with Crippen LogP contribution in [0.3, 0.4) is 0 Å². The zero-order valence-electron chi connectivity index (χ0n) is 15.9. The van der Waals surface area contributed by atoms with Gasteiger partial charge in [0.2, 0.25) is 0 Å². The van der Waals surface area contributed by atoms with E-state index in [1.807, 2.05) is 18.4 Å². The van der Waals surface area contributed by atoms with Crippen LogP contribution in [0, 0.1) is 13.8 Å². The van der Waals surface area contributed by atoms with Gasteiger partial charge in [0.1, 0.15) is 17.2 Å². The van der Waals surface area contributed by atoms with Gasteiger partial charge in [0, 0.05) is 13.1 Å². The Labute approximate surface area is 171 Å². The maximum Gasteiger partial charge on any atom is 0.274 e. The summed E-state index contributed by atoms with van der Waals surface area (Å²) in [5.74, 6) is 1.03. The predicted molar refractivity (Wildman–Crippen MR) is 115 cm³/mol. The molecule has 0 unspecified atom stereocenters. The van der Waals surface area contributed by atoms with Crippen LogP contribution in [0.4, 0.5) is 5.13 Å². The van der Waals surface area contributed by atoms with Crippen LogP contribution in [0.15, 0.2) is 33.1 Å². The summed E-state index contributed by atoms with van der Waals surface area (Å²) in [4.78, 5) is 21.6. The number of thiazole rings is 1. The second-order valence-corrected chi connectivity index (χ2v) is 8.72. The van der Waals surface area contributed by atoms with Gasteiger partial charge in [-0.1, -0.05) is 17.4 Å². The molecular weight excluding hydrogens is 392 g/mol. The van der Waals surface area contributed by atoms with E-state index in [4.69, 9.17) is 9.40 Å². The molecule has 0 spiro atoms. The van der Waals surface area contributed by atoms with E-state index in [0.29, 0.717) is 17.1 Å². The number of hydrogen-bond donors (Lipinski definition) is 1. The van der Waals surface area contributed by atoms with Crippen molar-refractivity contribution in [2.45, 2.75) is 33.1 Å². The molecule has 0 atom stereocenters. The number of nitrogens with one attached hydrogen (secondary N) is 1. The zero-order chi connectivity index (χ0) is 19.5. The van der Waals surface area contributed by atoms with Crippen molar-refractivity contribution in [2.24, 2.45) is 5.10 Å². The number of carbonyl (C=O) groups excluding carboxylic acids is 1. The van der Waals surface area contributed by atoms with Gasteiger partial charge >= 0.3 is 0 Å². The molecule has 0 radical (unpaired) electrons. The van der Waals surface area contributed by atoms with Crippen molar-refractivity contribution in [3.63, 3.8) is 0 Å². The molecule has 4 rings (SSSR count). The monoisotopic (exact) mass is 414 g/mol. The molecule has 1 fully saturated rings. The van der Waals surface area contributed by atoms with Crippen LogP contribution in [0.2, 0.25) is 0 Å². The molecule has 1 aliphatic rings. The third-order valence-electron chi connectivity index (χ3n) is 4.66. The number of aryl methyl sites for hydroxylation is 2. The second-order valence-electron chi connectivity index (χ2n) is 6.76. The van der Waals surface area contributed by atoms with Gasteiger partial charge < -0.3 is 9.32 Å². The van der Waals surface area contributed by atoms with Gasteiger partial charge in [0.25, 0.3) is 5.91 Å². The Morgan fingerprint density at radius 2 is 2.14 bits per heavy atom. The van der Waals surface area contributed by atoms with Crippen LogP contribution in [0.1, 0.15) is 46.0 Å². The SMILES string of the molecule is Cc1cc(C(=O)N/N=C\c2sc(N3CCCCC3)nc2-c2cccs2)c(C)o1. The fraction of sp³-hybridized carbons (Fsp3) is 0.350. The molecule has 3 aromatic heterocycles. The second kappa shape index (κ2) is 8.28. The van der Waals surface area contributed by atoms with E-state index in [1.54, 1.807) is 41.9 Å².